The van der Waals surface area contributed by atoms with Gasteiger partial charge in [0.15, 0.2) is 0 Å². The number of aromatic nitrogens is 2. The summed E-state index contributed by atoms with van der Waals surface area (Å²) < 4.78 is 1.73. The lowest BCUT2D eigenvalue weighted by Gasteiger charge is -2.01. The molecule has 0 unspecified atom stereocenters. The van der Waals surface area contributed by atoms with Gasteiger partial charge in [-0.05, 0) is 43.7 Å². The van der Waals surface area contributed by atoms with Crippen LogP contribution in [-0.2, 0) is 6.54 Å². The highest BCUT2D eigenvalue weighted by atomic mass is 35.5. The van der Waals surface area contributed by atoms with Gasteiger partial charge in [0, 0.05) is 30.1 Å². The fourth-order valence-electron chi connectivity index (χ4n) is 2.46. The van der Waals surface area contributed by atoms with Gasteiger partial charge in [-0.1, -0.05) is 108 Å². The van der Waals surface area contributed by atoms with Crippen molar-refractivity contribution in [1.82, 2.24) is 9.78 Å². The molecule has 4 rings (SSSR count). The summed E-state index contributed by atoms with van der Waals surface area (Å²) >= 11 is 0. The first kappa shape index (κ1) is 43.8. The Bertz CT molecular complexity index is 1130. The number of halogens is 1. The SMILES string of the molecule is C/C(N)=C/C#N.CC.CC.CC.Cc1cc(N)n(-c2ccccc2)n1.Cl.NCc1ccccc1.Nc1ccccc1. The Balaban J connectivity index is -0.000000216. The van der Waals surface area contributed by atoms with E-state index in [0.717, 1.165) is 17.1 Å². The third kappa shape index (κ3) is 24.5. The number of nitrogens with two attached hydrogens (primary N) is 4. The average Bonchev–Trinajstić information content (AvgIpc) is 3.36. The summed E-state index contributed by atoms with van der Waals surface area (Å²) in [5.74, 6) is 0.670. The van der Waals surface area contributed by atoms with Gasteiger partial charge in [-0.25, -0.2) is 4.68 Å². The molecule has 0 aliphatic carbocycles. The van der Waals surface area contributed by atoms with Gasteiger partial charge in [0.05, 0.1) is 17.5 Å². The quantitative estimate of drug-likeness (QED) is 0.139. The molecule has 0 spiro atoms. The highest BCUT2D eigenvalue weighted by Gasteiger charge is 2.02. The lowest BCUT2D eigenvalue weighted by molar-refractivity contribution is 0.872. The highest BCUT2D eigenvalue weighted by Crippen LogP contribution is 2.12. The number of hydrogen-bond acceptors (Lipinski definition) is 6. The molecular formula is C33H52ClN7. The topological polar surface area (TPSA) is 146 Å². The van der Waals surface area contributed by atoms with Crippen LogP contribution in [0, 0.1) is 18.3 Å². The van der Waals surface area contributed by atoms with E-state index in [9.17, 15) is 0 Å². The van der Waals surface area contributed by atoms with Crippen LogP contribution >= 0.6 is 12.4 Å². The first-order valence-corrected chi connectivity index (χ1v) is 13.6. The number of aryl methyl sites for hydroxylation is 1. The molecule has 1 aromatic heterocycles. The number of nitrogens with zero attached hydrogens (tertiary/aromatic N) is 3. The molecule has 0 saturated carbocycles. The van der Waals surface area contributed by atoms with Gasteiger partial charge in [0.25, 0.3) is 0 Å². The Morgan fingerprint density at radius 1 is 0.805 bits per heavy atom. The van der Waals surface area contributed by atoms with Crippen LogP contribution in [0.15, 0.2) is 109 Å². The zero-order valence-corrected chi connectivity index (χ0v) is 26.9. The van der Waals surface area contributed by atoms with E-state index in [0.29, 0.717) is 18.1 Å². The van der Waals surface area contributed by atoms with Crippen LogP contribution in [0.25, 0.3) is 5.69 Å². The maximum absolute atomic E-state index is 7.83. The number of hydrogen-bond donors (Lipinski definition) is 4. The summed E-state index contributed by atoms with van der Waals surface area (Å²) in [7, 11) is 0. The number of para-hydroxylation sites is 2. The van der Waals surface area contributed by atoms with E-state index in [1.54, 1.807) is 17.7 Å². The Kier molecular flexibility index (Phi) is 34.1. The molecule has 0 amide bonds. The van der Waals surface area contributed by atoms with Crippen LogP contribution in [0.4, 0.5) is 11.5 Å². The molecule has 41 heavy (non-hydrogen) atoms. The Morgan fingerprint density at radius 3 is 1.46 bits per heavy atom. The van der Waals surface area contributed by atoms with E-state index in [4.69, 9.17) is 28.2 Å². The van der Waals surface area contributed by atoms with Crippen LogP contribution in [0.5, 0.6) is 0 Å². The molecule has 0 bridgehead atoms. The third-order valence-electron chi connectivity index (χ3n) is 4.03. The highest BCUT2D eigenvalue weighted by molar-refractivity contribution is 5.85. The molecular weight excluding hydrogens is 530 g/mol. The number of nitrogen functional groups attached to an aromatic ring is 2. The summed E-state index contributed by atoms with van der Waals surface area (Å²) in [6, 6.07) is 33.0. The van der Waals surface area contributed by atoms with Gasteiger partial charge in [-0.3, -0.25) is 0 Å². The lowest BCUT2D eigenvalue weighted by Crippen LogP contribution is -2.00. The molecule has 0 fully saturated rings. The molecule has 7 nitrogen and oxygen atoms in total. The number of allylic oxidation sites excluding steroid dienone is 2. The molecule has 8 heteroatoms. The van der Waals surface area contributed by atoms with Crippen molar-refractivity contribution >= 4 is 23.9 Å². The maximum Gasteiger partial charge on any atom is 0.127 e. The lowest BCUT2D eigenvalue weighted by atomic mass is 10.2. The summed E-state index contributed by atoms with van der Waals surface area (Å²) in [6.45, 7) is 16.2. The predicted octanol–water partition coefficient (Wildman–Crippen LogP) is 8.05. The first-order valence-electron chi connectivity index (χ1n) is 13.6. The first-order chi connectivity index (χ1) is 19.4. The minimum absolute atomic E-state index is 0. The third-order valence-corrected chi connectivity index (χ3v) is 4.03. The molecule has 8 N–H and O–H groups in total. The van der Waals surface area contributed by atoms with Gasteiger partial charge >= 0.3 is 0 Å². The second kappa shape index (κ2) is 32.0. The van der Waals surface area contributed by atoms with Crippen LogP contribution in [0.3, 0.4) is 0 Å². The summed E-state index contributed by atoms with van der Waals surface area (Å²) in [5.41, 5.74) is 26.0. The normalized spacial score (nSPS) is 8.44. The number of rotatable bonds is 2. The van der Waals surface area contributed by atoms with E-state index >= 15 is 0 Å². The number of anilines is 2. The van der Waals surface area contributed by atoms with Gasteiger partial charge < -0.3 is 22.9 Å². The van der Waals surface area contributed by atoms with Crippen LogP contribution < -0.4 is 22.9 Å². The predicted molar refractivity (Wildman–Crippen MR) is 183 cm³/mol. The Labute approximate surface area is 255 Å². The van der Waals surface area contributed by atoms with E-state index in [1.807, 2.05) is 146 Å². The van der Waals surface area contributed by atoms with E-state index < -0.39 is 0 Å². The zero-order valence-electron chi connectivity index (χ0n) is 26.1. The average molecular weight is 582 g/mol. The van der Waals surface area contributed by atoms with Crippen molar-refractivity contribution in [2.24, 2.45) is 11.5 Å². The smallest absolute Gasteiger partial charge is 0.127 e. The summed E-state index contributed by atoms with van der Waals surface area (Å²) in [5, 5.41) is 12.1. The van der Waals surface area contributed by atoms with Crippen molar-refractivity contribution in [1.29, 1.82) is 5.26 Å². The van der Waals surface area contributed by atoms with Gasteiger partial charge in [-0.15, -0.1) is 12.4 Å². The molecule has 0 aliphatic heterocycles. The Hall–Kier alpha value is -4.25. The minimum atomic E-state index is 0. The van der Waals surface area contributed by atoms with E-state index in [2.05, 4.69) is 5.10 Å². The maximum atomic E-state index is 7.83. The van der Waals surface area contributed by atoms with Crippen LogP contribution in [0.1, 0.15) is 59.7 Å². The standard InChI is InChI=1S/C10H11N3.C7H9N.C6H7N.C4H6N2.3C2H6.ClH/c1-8-7-10(11)13(12-8)9-5-3-2-4-6-9;8-6-7-4-2-1-3-5-7;7-6-4-2-1-3-5-6;1-4(6)2-3-5;3*1-2;/h2-7H,11H2,1H3;1-5H,6,8H2;1-5H,7H2;2H,6H2,1H3;3*1-2H3;1H/b;;;4-2-;;;;. The zero-order chi connectivity index (χ0) is 31.2. The number of benzene rings is 3. The van der Waals surface area contributed by atoms with Crippen molar-refractivity contribution in [3.8, 4) is 11.8 Å². The fraction of sp³-hybridized carbons (Fsp3) is 0.273. The second-order valence-corrected chi connectivity index (χ2v) is 7.08. The van der Waals surface area contributed by atoms with Crippen molar-refractivity contribution in [2.75, 3.05) is 11.5 Å². The van der Waals surface area contributed by atoms with Gasteiger partial charge in [0.2, 0.25) is 0 Å². The summed E-state index contributed by atoms with van der Waals surface area (Å²) in [6.07, 6.45) is 1.29. The van der Waals surface area contributed by atoms with E-state index in [-0.39, 0.29) is 12.4 Å². The molecule has 4 aromatic rings. The molecule has 1 heterocycles. The van der Waals surface area contributed by atoms with Gasteiger partial charge in [-0.2, -0.15) is 10.4 Å². The van der Waals surface area contributed by atoms with Crippen molar-refractivity contribution in [2.45, 2.75) is 61.9 Å². The van der Waals surface area contributed by atoms with E-state index in [1.165, 1.54) is 11.6 Å². The van der Waals surface area contributed by atoms with Crippen LogP contribution in [-0.4, -0.2) is 9.78 Å². The molecule has 0 atom stereocenters. The van der Waals surface area contributed by atoms with Crippen molar-refractivity contribution in [3.63, 3.8) is 0 Å². The molecule has 0 radical (unpaired) electrons. The Morgan fingerprint density at radius 2 is 1.22 bits per heavy atom. The van der Waals surface area contributed by atoms with Gasteiger partial charge in [0.1, 0.15) is 5.82 Å². The molecule has 226 valence electrons. The van der Waals surface area contributed by atoms with Crippen LogP contribution in [0.2, 0.25) is 0 Å². The number of nitriles is 1. The summed E-state index contributed by atoms with van der Waals surface area (Å²) in [4.78, 5) is 0. The second-order valence-electron chi connectivity index (χ2n) is 7.08. The molecule has 0 aliphatic rings. The minimum Gasteiger partial charge on any atom is -0.402 e. The van der Waals surface area contributed by atoms with Crippen molar-refractivity contribution < 1.29 is 0 Å². The molecule has 3 aromatic carbocycles. The molecule has 0 saturated heterocycles. The fourth-order valence-corrected chi connectivity index (χ4v) is 2.46. The monoisotopic (exact) mass is 581 g/mol. The van der Waals surface area contributed by atoms with Crippen molar-refractivity contribution in [3.05, 3.63) is 120 Å². The largest absolute Gasteiger partial charge is 0.402 e.